The number of hydrogen-bond donors (Lipinski definition) is 1. The zero-order valence-corrected chi connectivity index (χ0v) is 11.5. The second-order valence-corrected chi connectivity index (χ2v) is 5.56. The molecule has 4 heteroatoms. The minimum absolute atomic E-state index is 0.200. The highest BCUT2D eigenvalue weighted by atomic mass is 16.4. The minimum Gasteiger partial charge on any atom is -0.480 e. The molecule has 1 aliphatic rings. The van der Waals surface area contributed by atoms with Crippen LogP contribution in [0, 0.1) is 5.41 Å². The van der Waals surface area contributed by atoms with Gasteiger partial charge in [-0.25, -0.2) is 4.79 Å². The Labute approximate surface area is 109 Å². The molecule has 0 bridgehead atoms. The van der Waals surface area contributed by atoms with Gasteiger partial charge >= 0.3 is 5.97 Å². The Bertz CT molecular complexity index is 360. The normalized spacial score (nSPS) is 20.6. The fourth-order valence-electron chi connectivity index (χ4n) is 2.11. The third-order valence-corrected chi connectivity index (χ3v) is 4.01. The first-order valence-corrected chi connectivity index (χ1v) is 6.54. The van der Waals surface area contributed by atoms with Gasteiger partial charge in [-0.05, 0) is 31.1 Å². The number of rotatable bonds is 4. The number of carbonyl (C=O) groups is 2. The van der Waals surface area contributed by atoms with Crippen LogP contribution in [-0.2, 0) is 9.59 Å². The highest BCUT2D eigenvalue weighted by Crippen LogP contribution is 2.31. The van der Waals surface area contributed by atoms with Gasteiger partial charge in [-0.1, -0.05) is 27.4 Å². The second-order valence-electron chi connectivity index (χ2n) is 5.56. The van der Waals surface area contributed by atoms with Crippen molar-refractivity contribution in [2.45, 2.75) is 52.5 Å². The molecule has 1 rings (SSSR count). The first kappa shape index (κ1) is 14.7. The molecule has 102 valence electrons. The van der Waals surface area contributed by atoms with Crippen molar-refractivity contribution < 1.29 is 14.7 Å². The first-order valence-electron chi connectivity index (χ1n) is 6.54. The summed E-state index contributed by atoms with van der Waals surface area (Å²) >= 11 is 0. The lowest BCUT2D eigenvalue weighted by molar-refractivity contribution is -0.150. The van der Waals surface area contributed by atoms with Gasteiger partial charge in [-0.3, -0.25) is 4.79 Å². The quantitative estimate of drug-likeness (QED) is 0.783. The van der Waals surface area contributed by atoms with Gasteiger partial charge in [-0.2, -0.15) is 0 Å². The van der Waals surface area contributed by atoms with Crippen LogP contribution in [-0.4, -0.2) is 34.5 Å². The summed E-state index contributed by atoms with van der Waals surface area (Å²) in [5.74, 6) is -1.11. The molecule has 0 aliphatic carbocycles. The molecule has 0 saturated carbocycles. The number of amides is 1. The van der Waals surface area contributed by atoms with E-state index in [0.29, 0.717) is 18.5 Å². The molecule has 1 amide bonds. The van der Waals surface area contributed by atoms with Crippen LogP contribution in [0.15, 0.2) is 12.2 Å². The van der Waals surface area contributed by atoms with Crippen LogP contribution in [0.4, 0.5) is 0 Å². The van der Waals surface area contributed by atoms with Crippen LogP contribution >= 0.6 is 0 Å². The molecular formula is C14H23NO3. The van der Waals surface area contributed by atoms with E-state index in [4.69, 9.17) is 0 Å². The summed E-state index contributed by atoms with van der Waals surface area (Å²) < 4.78 is 0. The number of hydrogen-bond acceptors (Lipinski definition) is 2. The standard InChI is InChI=1S/C14H23NO3/c1-5-14(3,4)10(2)12(16)15-9-7-6-8-11(15)13(17)18/h11H,2,5-9H2,1,3-4H3,(H,17,18). The Morgan fingerprint density at radius 2 is 2.00 bits per heavy atom. The third-order valence-electron chi connectivity index (χ3n) is 4.01. The van der Waals surface area contributed by atoms with Crippen molar-refractivity contribution >= 4 is 11.9 Å². The van der Waals surface area contributed by atoms with Gasteiger partial charge in [0.05, 0.1) is 0 Å². The van der Waals surface area contributed by atoms with Gasteiger partial charge in [0.15, 0.2) is 0 Å². The Balaban J connectivity index is 2.87. The lowest BCUT2D eigenvalue weighted by Crippen LogP contribution is -2.49. The fraction of sp³-hybridized carbons (Fsp3) is 0.714. The van der Waals surface area contributed by atoms with Crippen molar-refractivity contribution in [1.29, 1.82) is 0 Å². The molecule has 1 N–H and O–H groups in total. The van der Waals surface area contributed by atoms with E-state index in [9.17, 15) is 14.7 Å². The third kappa shape index (κ3) is 2.92. The highest BCUT2D eigenvalue weighted by Gasteiger charge is 2.36. The van der Waals surface area contributed by atoms with Crippen LogP contribution in [0.2, 0.25) is 0 Å². The maximum absolute atomic E-state index is 12.4. The van der Waals surface area contributed by atoms with Crippen molar-refractivity contribution in [2.24, 2.45) is 5.41 Å². The molecule has 1 unspecified atom stereocenters. The number of nitrogens with zero attached hydrogens (tertiary/aromatic N) is 1. The molecule has 1 aliphatic heterocycles. The number of carbonyl (C=O) groups excluding carboxylic acids is 1. The lowest BCUT2D eigenvalue weighted by Gasteiger charge is -2.36. The summed E-state index contributed by atoms with van der Waals surface area (Å²) in [6.07, 6.45) is 3.09. The van der Waals surface area contributed by atoms with Crippen molar-refractivity contribution in [1.82, 2.24) is 4.90 Å². The molecule has 1 heterocycles. The Kier molecular flexibility index (Phi) is 4.54. The zero-order valence-electron chi connectivity index (χ0n) is 11.5. The summed E-state index contributed by atoms with van der Waals surface area (Å²) in [6, 6.07) is -0.685. The predicted molar refractivity (Wildman–Crippen MR) is 70.2 cm³/mol. The lowest BCUT2D eigenvalue weighted by atomic mass is 9.81. The number of carboxylic acid groups (broad SMARTS) is 1. The van der Waals surface area contributed by atoms with Gasteiger partial charge in [0.25, 0.3) is 0 Å². The average molecular weight is 253 g/mol. The van der Waals surface area contributed by atoms with E-state index in [1.54, 1.807) is 0 Å². The van der Waals surface area contributed by atoms with E-state index >= 15 is 0 Å². The van der Waals surface area contributed by atoms with Crippen LogP contribution in [0.25, 0.3) is 0 Å². The van der Waals surface area contributed by atoms with Crippen LogP contribution < -0.4 is 0 Å². The largest absolute Gasteiger partial charge is 0.480 e. The van der Waals surface area contributed by atoms with E-state index in [0.717, 1.165) is 19.3 Å². The molecule has 1 fully saturated rings. The smallest absolute Gasteiger partial charge is 0.326 e. The van der Waals surface area contributed by atoms with Crippen LogP contribution in [0.3, 0.4) is 0 Å². The maximum atomic E-state index is 12.4. The summed E-state index contributed by atoms with van der Waals surface area (Å²) in [4.78, 5) is 25.0. The monoisotopic (exact) mass is 253 g/mol. The number of likely N-dealkylation sites (tertiary alicyclic amines) is 1. The SMILES string of the molecule is C=C(C(=O)N1CCCCC1C(=O)O)C(C)(C)CC. The van der Waals surface area contributed by atoms with Crippen molar-refractivity contribution in [3.8, 4) is 0 Å². The molecule has 4 nitrogen and oxygen atoms in total. The van der Waals surface area contributed by atoms with Gasteiger partial charge in [0.2, 0.25) is 5.91 Å². The van der Waals surface area contributed by atoms with Crippen molar-refractivity contribution in [3.63, 3.8) is 0 Å². The zero-order chi connectivity index (χ0) is 13.9. The Morgan fingerprint density at radius 3 is 2.50 bits per heavy atom. The molecule has 1 atom stereocenters. The van der Waals surface area contributed by atoms with E-state index in [2.05, 4.69) is 6.58 Å². The molecule has 0 spiro atoms. The second kappa shape index (κ2) is 5.55. The summed E-state index contributed by atoms with van der Waals surface area (Å²) in [6.45, 7) is 10.3. The average Bonchev–Trinajstić information content (AvgIpc) is 2.36. The van der Waals surface area contributed by atoms with E-state index < -0.39 is 12.0 Å². The highest BCUT2D eigenvalue weighted by molar-refractivity contribution is 5.96. The van der Waals surface area contributed by atoms with Gasteiger partial charge < -0.3 is 10.0 Å². The Morgan fingerprint density at radius 1 is 1.39 bits per heavy atom. The molecule has 0 radical (unpaired) electrons. The molecule has 0 aromatic heterocycles. The topological polar surface area (TPSA) is 57.6 Å². The maximum Gasteiger partial charge on any atom is 0.326 e. The summed E-state index contributed by atoms with van der Waals surface area (Å²) in [7, 11) is 0. The fourth-order valence-corrected chi connectivity index (χ4v) is 2.11. The summed E-state index contributed by atoms with van der Waals surface area (Å²) in [5.41, 5.74) is 0.232. The predicted octanol–water partition coefficient (Wildman–Crippen LogP) is 2.44. The van der Waals surface area contributed by atoms with E-state index in [1.807, 2.05) is 20.8 Å². The molecule has 1 saturated heterocycles. The van der Waals surface area contributed by atoms with Crippen molar-refractivity contribution in [2.75, 3.05) is 6.54 Å². The minimum atomic E-state index is -0.912. The molecule has 18 heavy (non-hydrogen) atoms. The molecule has 0 aromatic rings. The number of piperidine rings is 1. The number of aliphatic carboxylic acids is 1. The van der Waals surface area contributed by atoms with Gasteiger partial charge in [0.1, 0.15) is 6.04 Å². The van der Waals surface area contributed by atoms with Crippen molar-refractivity contribution in [3.05, 3.63) is 12.2 Å². The first-order chi connectivity index (χ1) is 8.31. The van der Waals surface area contributed by atoms with Gasteiger partial charge in [0, 0.05) is 12.1 Å². The van der Waals surface area contributed by atoms with E-state index in [1.165, 1.54) is 4.90 Å². The molecular weight excluding hydrogens is 230 g/mol. The van der Waals surface area contributed by atoms with Crippen LogP contribution in [0.5, 0.6) is 0 Å². The number of carboxylic acids is 1. The molecule has 0 aromatic carbocycles. The van der Waals surface area contributed by atoms with E-state index in [-0.39, 0.29) is 11.3 Å². The van der Waals surface area contributed by atoms with Gasteiger partial charge in [-0.15, -0.1) is 0 Å². The summed E-state index contributed by atoms with van der Waals surface area (Å²) in [5, 5.41) is 9.18. The van der Waals surface area contributed by atoms with Crippen LogP contribution in [0.1, 0.15) is 46.5 Å². The Hall–Kier alpha value is -1.32.